The Kier molecular flexibility index (Phi) is 8.26. The Morgan fingerprint density at radius 1 is 1.24 bits per heavy atom. The van der Waals surface area contributed by atoms with Gasteiger partial charge >= 0.3 is 5.97 Å². The van der Waals surface area contributed by atoms with E-state index in [9.17, 15) is 13.2 Å². The van der Waals surface area contributed by atoms with E-state index >= 15 is 0 Å². The molecule has 0 aromatic heterocycles. The lowest BCUT2D eigenvalue weighted by molar-refractivity contribution is -0.137. The monoisotopic (exact) mass is 319 g/mol. The second-order valence-electron chi connectivity index (χ2n) is 6.18. The predicted octanol–water partition coefficient (Wildman–Crippen LogP) is 2.77. The van der Waals surface area contributed by atoms with Crippen molar-refractivity contribution in [3.8, 4) is 0 Å². The second kappa shape index (κ2) is 9.41. The Hall–Kier alpha value is -0.620. The van der Waals surface area contributed by atoms with Crippen molar-refractivity contribution < 1.29 is 18.3 Å². The molecule has 1 fully saturated rings. The molecular formula is C15H29NO4S. The molecule has 0 spiro atoms. The number of sulfonamides is 1. The van der Waals surface area contributed by atoms with Gasteiger partial charge in [0.25, 0.3) is 0 Å². The summed E-state index contributed by atoms with van der Waals surface area (Å²) in [6, 6.07) is 0. The lowest BCUT2D eigenvalue weighted by atomic mass is 9.91. The van der Waals surface area contributed by atoms with E-state index in [0.29, 0.717) is 25.3 Å². The molecule has 1 rings (SSSR count). The van der Waals surface area contributed by atoms with Gasteiger partial charge in [0.1, 0.15) is 0 Å². The zero-order valence-electron chi connectivity index (χ0n) is 13.0. The van der Waals surface area contributed by atoms with Crippen molar-refractivity contribution in [1.29, 1.82) is 0 Å². The van der Waals surface area contributed by atoms with E-state index in [1.165, 1.54) is 6.42 Å². The molecule has 0 aromatic carbocycles. The van der Waals surface area contributed by atoms with Gasteiger partial charge in [0.15, 0.2) is 0 Å². The molecule has 0 radical (unpaired) electrons. The number of carboxylic acid groups (broad SMARTS) is 1. The summed E-state index contributed by atoms with van der Waals surface area (Å²) >= 11 is 0. The van der Waals surface area contributed by atoms with Gasteiger partial charge in [-0.1, -0.05) is 32.6 Å². The van der Waals surface area contributed by atoms with Gasteiger partial charge < -0.3 is 5.11 Å². The molecule has 1 atom stereocenters. The highest BCUT2D eigenvalue weighted by Crippen LogP contribution is 2.24. The molecule has 2 N–H and O–H groups in total. The summed E-state index contributed by atoms with van der Waals surface area (Å²) < 4.78 is 26.7. The maximum atomic E-state index is 12.0. The normalized spacial score (nSPS) is 18.5. The minimum Gasteiger partial charge on any atom is -0.481 e. The van der Waals surface area contributed by atoms with E-state index in [2.05, 4.69) is 4.72 Å². The molecule has 1 aliphatic rings. The van der Waals surface area contributed by atoms with Crippen molar-refractivity contribution in [2.45, 2.75) is 64.7 Å². The number of rotatable bonds is 10. The minimum atomic E-state index is -3.18. The number of carbonyl (C=O) groups is 1. The van der Waals surface area contributed by atoms with E-state index in [0.717, 1.165) is 32.1 Å². The maximum Gasteiger partial charge on any atom is 0.303 e. The van der Waals surface area contributed by atoms with Crippen LogP contribution in [0.4, 0.5) is 0 Å². The van der Waals surface area contributed by atoms with Gasteiger partial charge in [-0.2, -0.15) is 0 Å². The van der Waals surface area contributed by atoms with Crippen molar-refractivity contribution >= 4 is 16.0 Å². The van der Waals surface area contributed by atoms with Crippen LogP contribution in [-0.4, -0.2) is 31.8 Å². The van der Waals surface area contributed by atoms with Gasteiger partial charge in [-0.15, -0.1) is 0 Å². The molecule has 6 heteroatoms. The molecule has 21 heavy (non-hydrogen) atoms. The molecule has 0 amide bonds. The van der Waals surface area contributed by atoms with Crippen molar-refractivity contribution in [3.05, 3.63) is 0 Å². The summed E-state index contributed by atoms with van der Waals surface area (Å²) in [6.45, 7) is 2.44. The van der Waals surface area contributed by atoms with Crippen molar-refractivity contribution in [2.75, 3.05) is 12.3 Å². The largest absolute Gasteiger partial charge is 0.481 e. The van der Waals surface area contributed by atoms with Gasteiger partial charge in [0, 0.05) is 13.0 Å². The lowest BCUT2D eigenvalue weighted by Crippen LogP contribution is -2.32. The van der Waals surface area contributed by atoms with Crippen LogP contribution in [0.5, 0.6) is 0 Å². The summed E-state index contributed by atoms with van der Waals surface area (Å²) in [6.07, 6.45) is 7.95. The maximum absolute atomic E-state index is 12.0. The second-order valence-corrected chi connectivity index (χ2v) is 8.03. The molecule has 124 valence electrons. The van der Waals surface area contributed by atoms with Gasteiger partial charge in [-0.25, -0.2) is 13.1 Å². The van der Waals surface area contributed by atoms with E-state index in [1.807, 2.05) is 6.92 Å². The first-order valence-electron chi connectivity index (χ1n) is 8.12. The molecule has 5 nitrogen and oxygen atoms in total. The highest BCUT2D eigenvalue weighted by Gasteiger charge is 2.21. The molecule has 0 bridgehead atoms. The van der Waals surface area contributed by atoms with E-state index in [-0.39, 0.29) is 18.1 Å². The standard InChI is InChI=1S/C15H29NO4S/c1-2-13(8-9-15(17)18)10-11-16-21(19,20)12-14-6-4-3-5-7-14/h13-14,16H,2-12H2,1H3,(H,17,18). The van der Waals surface area contributed by atoms with Gasteiger partial charge in [0.05, 0.1) is 5.75 Å². The highest BCUT2D eigenvalue weighted by molar-refractivity contribution is 7.89. The fourth-order valence-electron chi connectivity index (χ4n) is 3.02. The van der Waals surface area contributed by atoms with Crippen molar-refractivity contribution in [2.24, 2.45) is 11.8 Å². The molecule has 1 unspecified atom stereocenters. The molecule has 1 aliphatic carbocycles. The van der Waals surface area contributed by atoms with Crippen LogP contribution in [0.15, 0.2) is 0 Å². The molecule has 0 aromatic rings. The first kappa shape index (κ1) is 18.4. The predicted molar refractivity (Wildman–Crippen MR) is 83.6 cm³/mol. The van der Waals surface area contributed by atoms with E-state index in [1.54, 1.807) is 0 Å². The molecule has 0 saturated heterocycles. The number of nitrogens with one attached hydrogen (secondary N) is 1. The van der Waals surface area contributed by atoms with Crippen LogP contribution in [0.3, 0.4) is 0 Å². The topological polar surface area (TPSA) is 83.5 Å². The average Bonchev–Trinajstić information content (AvgIpc) is 2.42. The number of aliphatic carboxylic acids is 1. The van der Waals surface area contributed by atoms with Gasteiger partial charge in [-0.05, 0) is 37.5 Å². The summed E-state index contributed by atoms with van der Waals surface area (Å²) in [4.78, 5) is 10.6. The first-order chi connectivity index (χ1) is 9.93. The van der Waals surface area contributed by atoms with Crippen LogP contribution in [0.25, 0.3) is 0 Å². The third-order valence-electron chi connectivity index (χ3n) is 4.40. The molecule has 1 saturated carbocycles. The summed E-state index contributed by atoms with van der Waals surface area (Å²) in [5.41, 5.74) is 0. The summed E-state index contributed by atoms with van der Waals surface area (Å²) in [5, 5.41) is 8.68. The Morgan fingerprint density at radius 2 is 1.90 bits per heavy atom. The van der Waals surface area contributed by atoms with E-state index < -0.39 is 16.0 Å². The quantitative estimate of drug-likeness (QED) is 0.648. The van der Waals surface area contributed by atoms with Crippen LogP contribution < -0.4 is 4.72 Å². The lowest BCUT2D eigenvalue weighted by Gasteiger charge is -2.21. The zero-order chi connectivity index (χ0) is 15.7. The zero-order valence-corrected chi connectivity index (χ0v) is 13.8. The van der Waals surface area contributed by atoms with E-state index in [4.69, 9.17) is 5.11 Å². The Morgan fingerprint density at radius 3 is 2.48 bits per heavy atom. The van der Waals surface area contributed by atoms with Crippen molar-refractivity contribution in [1.82, 2.24) is 4.72 Å². The SMILES string of the molecule is CCC(CCNS(=O)(=O)CC1CCCCC1)CCC(=O)O. The highest BCUT2D eigenvalue weighted by atomic mass is 32.2. The number of carboxylic acids is 1. The molecule has 0 heterocycles. The fourth-order valence-corrected chi connectivity index (χ4v) is 4.52. The van der Waals surface area contributed by atoms with Crippen molar-refractivity contribution in [3.63, 3.8) is 0 Å². The summed E-state index contributed by atoms with van der Waals surface area (Å²) in [5.74, 6) is 0.0499. The summed E-state index contributed by atoms with van der Waals surface area (Å²) in [7, 11) is -3.18. The Labute approximate surface area is 128 Å². The fraction of sp³-hybridized carbons (Fsp3) is 0.933. The third kappa shape index (κ3) is 8.41. The Balaban J connectivity index is 2.26. The van der Waals surface area contributed by atoms with Gasteiger partial charge in [0.2, 0.25) is 10.0 Å². The first-order valence-corrected chi connectivity index (χ1v) is 9.77. The number of hydrogen-bond acceptors (Lipinski definition) is 3. The van der Waals surface area contributed by atoms with Crippen LogP contribution >= 0.6 is 0 Å². The smallest absolute Gasteiger partial charge is 0.303 e. The van der Waals surface area contributed by atoms with Crippen LogP contribution in [0, 0.1) is 11.8 Å². The molecular weight excluding hydrogens is 290 g/mol. The Bertz CT molecular complexity index is 402. The van der Waals surface area contributed by atoms with Crippen LogP contribution in [0.1, 0.15) is 64.7 Å². The molecule has 0 aliphatic heterocycles. The van der Waals surface area contributed by atoms with Gasteiger partial charge in [-0.3, -0.25) is 4.79 Å². The number of hydrogen-bond donors (Lipinski definition) is 2. The average molecular weight is 319 g/mol. The van der Waals surface area contributed by atoms with Crippen LogP contribution in [-0.2, 0) is 14.8 Å². The van der Waals surface area contributed by atoms with Crippen LogP contribution in [0.2, 0.25) is 0 Å². The third-order valence-corrected chi connectivity index (χ3v) is 5.95. The minimum absolute atomic E-state index is 0.160.